The van der Waals surface area contributed by atoms with Crippen molar-refractivity contribution in [1.29, 1.82) is 0 Å². The number of benzene rings is 2. The number of nitrogens with zero attached hydrogens (tertiary/aromatic N) is 1. The van der Waals surface area contributed by atoms with E-state index in [1.165, 1.54) is 25.2 Å². The summed E-state index contributed by atoms with van der Waals surface area (Å²) in [6.07, 6.45) is 0. The van der Waals surface area contributed by atoms with E-state index in [1.807, 2.05) is 0 Å². The van der Waals surface area contributed by atoms with Crippen LogP contribution in [0.15, 0.2) is 36.4 Å². The summed E-state index contributed by atoms with van der Waals surface area (Å²) in [5.41, 5.74) is -0.0386. The van der Waals surface area contributed by atoms with Crippen LogP contribution in [0.1, 0.15) is 10.4 Å². The molecule has 0 aromatic heterocycles. The fourth-order valence-corrected chi connectivity index (χ4v) is 2.18. The van der Waals surface area contributed by atoms with Crippen LogP contribution in [0.5, 0.6) is 0 Å². The lowest BCUT2D eigenvalue weighted by Crippen LogP contribution is -2.35. The van der Waals surface area contributed by atoms with E-state index >= 15 is 0 Å². The van der Waals surface area contributed by atoms with Gasteiger partial charge in [0.15, 0.2) is 11.6 Å². The van der Waals surface area contributed by atoms with Crippen LogP contribution in [-0.2, 0) is 4.79 Å². The number of carbonyl (C=O) groups is 2. The molecular weight excluding hydrogens is 345 g/mol. The molecular formula is C16H12ClF3N2O2. The Kier molecular flexibility index (Phi) is 5.46. The van der Waals surface area contributed by atoms with E-state index in [-0.39, 0.29) is 22.8 Å². The van der Waals surface area contributed by atoms with Gasteiger partial charge in [-0.1, -0.05) is 17.7 Å². The summed E-state index contributed by atoms with van der Waals surface area (Å²) in [5, 5.41) is 2.15. The summed E-state index contributed by atoms with van der Waals surface area (Å²) in [5.74, 6) is -4.27. The molecule has 8 heteroatoms. The Morgan fingerprint density at radius 2 is 1.79 bits per heavy atom. The highest BCUT2D eigenvalue weighted by Gasteiger charge is 2.20. The summed E-state index contributed by atoms with van der Waals surface area (Å²) >= 11 is 5.73. The fraction of sp³-hybridized carbons (Fsp3) is 0.125. The first-order valence-corrected chi connectivity index (χ1v) is 7.11. The lowest BCUT2D eigenvalue weighted by atomic mass is 10.2. The van der Waals surface area contributed by atoms with Crippen molar-refractivity contribution in [3.8, 4) is 0 Å². The van der Waals surface area contributed by atoms with Gasteiger partial charge in [-0.2, -0.15) is 0 Å². The molecule has 126 valence electrons. The summed E-state index contributed by atoms with van der Waals surface area (Å²) in [6.45, 7) is -0.384. The number of halogens is 4. The standard InChI is InChI=1S/C16H12ClF3N2O2/c1-22(8-15(23)21-10-4-2-3-9(18)5-10)16(24)11-6-13(19)14(20)7-12(11)17/h2-7H,8H2,1H3,(H,21,23). The highest BCUT2D eigenvalue weighted by atomic mass is 35.5. The molecule has 0 radical (unpaired) electrons. The zero-order valence-electron chi connectivity index (χ0n) is 12.4. The maximum atomic E-state index is 13.3. The average Bonchev–Trinajstić information content (AvgIpc) is 2.50. The largest absolute Gasteiger partial charge is 0.332 e. The molecule has 0 saturated carbocycles. The van der Waals surface area contributed by atoms with E-state index in [9.17, 15) is 22.8 Å². The summed E-state index contributed by atoms with van der Waals surface area (Å²) < 4.78 is 39.3. The van der Waals surface area contributed by atoms with Gasteiger partial charge in [-0.15, -0.1) is 0 Å². The molecule has 0 heterocycles. The van der Waals surface area contributed by atoms with Crippen LogP contribution < -0.4 is 5.32 Å². The molecule has 2 amide bonds. The minimum atomic E-state index is -1.22. The third-order valence-corrected chi connectivity index (χ3v) is 3.39. The van der Waals surface area contributed by atoms with Gasteiger partial charge in [0.2, 0.25) is 5.91 Å². The second kappa shape index (κ2) is 7.35. The molecule has 0 fully saturated rings. The molecule has 0 aliphatic rings. The smallest absolute Gasteiger partial charge is 0.255 e. The zero-order chi connectivity index (χ0) is 17.9. The Balaban J connectivity index is 2.06. The van der Waals surface area contributed by atoms with Crippen LogP contribution in [0.4, 0.5) is 18.9 Å². The van der Waals surface area contributed by atoms with Gasteiger partial charge in [0.05, 0.1) is 17.1 Å². The zero-order valence-corrected chi connectivity index (χ0v) is 13.2. The Labute approximate surface area is 140 Å². The third kappa shape index (κ3) is 4.26. The van der Waals surface area contributed by atoms with Crippen molar-refractivity contribution in [3.05, 3.63) is 64.4 Å². The molecule has 0 bridgehead atoms. The van der Waals surface area contributed by atoms with E-state index in [1.54, 1.807) is 0 Å². The number of hydrogen-bond acceptors (Lipinski definition) is 2. The van der Waals surface area contributed by atoms with E-state index in [2.05, 4.69) is 5.32 Å². The predicted molar refractivity (Wildman–Crippen MR) is 83.4 cm³/mol. The second-order valence-electron chi connectivity index (χ2n) is 4.97. The molecule has 2 aromatic carbocycles. The van der Waals surface area contributed by atoms with Gasteiger partial charge in [0, 0.05) is 12.7 Å². The molecule has 0 unspecified atom stereocenters. The molecule has 0 spiro atoms. The van der Waals surface area contributed by atoms with Gasteiger partial charge in [-0.05, 0) is 30.3 Å². The van der Waals surface area contributed by atoms with Crippen molar-refractivity contribution in [1.82, 2.24) is 4.90 Å². The van der Waals surface area contributed by atoms with Gasteiger partial charge < -0.3 is 10.2 Å². The summed E-state index contributed by atoms with van der Waals surface area (Å²) in [7, 11) is 1.30. The maximum Gasteiger partial charge on any atom is 0.255 e. The first kappa shape index (κ1) is 17.8. The van der Waals surface area contributed by atoms with Crippen molar-refractivity contribution in [2.24, 2.45) is 0 Å². The van der Waals surface area contributed by atoms with Crippen LogP contribution in [-0.4, -0.2) is 30.3 Å². The predicted octanol–water partition coefficient (Wildman–Crippen LogP) is 3.47. The molecule has 2 rings (SSSR count). The molecule has 24 heavy (non-hydrogen) atoms. The highest BCUT2D eigenvalue weighted by molar-refractivity contribution is 6.33. The highest BCUT2D eigenvalue weighted by Crippen LogP contribution is 2.21. The Bertz CT molecular complexity index is 799. The minimum Gasteiger partial charge on any atom is -0.332 e. The number of carbonyl (C=O) groups excluding carboxylic acids is 2. The van der Waals surface area contributed by atoms with Gasteiger partial charge in [-0.25, -0.2) is 13.2 Å². The van der Waals surface area contributed by atoms with Crippen molar-refractivity contribution in [3.63, 3.8) is 0 Å². The molecule has 0 aliphatic heterocycles. The monoisotopic (exact) mass is 356 g/mol. The normalized spacial score (nSPS) is 10.4. The second-order valence-corrected chi connectivity index (χ2v) is 5.37. The minimum absolute atomic E-state index is 0.228. The maximum absolute atomic E-state index is 13.3. The molecule has 0 atom stereocenters. The van der Waals surface area contributed by atoms with Crippen LogP contribution in [0.3, 0.4) is 0 Å². The third-order valence-electron chi connectivity index (χ3n) is 3.08. The average molecular weight is 357 g/mol. The summed E-state index contributed by atoms with van der Waals surface area (Å²) in [6, 6.07) is 6.59. The van der Waals surface area contributed by atoms with E-state index in [4.69, 9.17) is 11.6 Å². The van der Waals surface area contributed by atoms with Crippen LogP contribution >= 0.6 is 11.6 Å². The van der Waals surface area contributed by atoms with E-state index in [0.29, 0.717) is 12.1 Å². The Hall–Kier alpha value is -2.54. The summed E-state index contributed by atoms with van der Waals surface area (Å²) in [4.78, 5) is 25.0. The molecule has 1 N–H and O–H groups in total. The van der Waals surface area contributed by atoms with Crippen LogP contribution in [0.2, 0.25) is 5.02 Å². The first-order valence-electron chi connectivity index (χ1n) is 6.73. The van der Waals surface area contributed by atoms with Crippen LogP contribution in [0, 0.1) is 17.5 Å². The molecule has 4 nitrogen and oxygen atoms in total. The van der Waals surface area contributed by atoms with Crippen molar-refractivity contribution in [2.75, 3.05) is 18.9 Å². The van der Waals surface area contributed by atoms with Gasteiger partial charge in [0.1, 0.15) is 5.82 Å². The first-order chi connectivity index (χ1) is 11.3. The van der Waals surface area contributed by atoms with Gasteiger partial charge in [0.25, 0.3) is 5.91 Å². The number of nitrogens with one attached hydrogen (secondary N) is 1. The van der Waals surface area contributed by atoms with Crippen molar-refractivity contribution >= 4 is 29.1 Å². The number of anilines is 1. The lowest BCUT2D eigenvalue weighted by Gasteiger charge is -2.17. The van der Waals surface area contributed by atoms with Crippen molar-refractivity contribution in [2.45, 2.75) is 0 Å². The number of hydrogen-bond donors (Lipinski definition) is 1. The number of rotatable bonds is 4. The number of amides is 2. The SMILES string of the molecule is CN(CC(=O)Nc1cccc(F)c1)C(=O)c1cc(F)c(F)cc1Cl. The Morgan fingerprint density at radius 3 is 2.46 bits per heavy atom. The molecule has 0 aliphatic carbocycles. The quantitative estimate of drug-likeness (QED) is 0.853. The van der Waals surface area contributed by atoms with E-state index < -0.39 is 29.3 Å². The topological polar surface area (TPSA) is 49.4 Å². The lowest BCUT2D eigenvalue weighted by molar-refractivity contribution is -0.116. The number of likely N-dealkylation sites (N-methyl/N-ethyl adjacent to an activating group) is 1. The van der Waals surface area contributed by atoms with Crippen molar-refractivity contribution < 1.29 is 22.8 Å². The Morgan fingerprint density at radius 1 is 1.12 bits per heavy atom. The van der Waals surface area contributed by atoms with Gasteiger partial charge >= 0.3 is 0 Å². The molecule has 0 saturated heterocycles. The van der Waals surface area contributed by atoms with Gasteiger partial charge in [-0.3, -0.25) is 9.59 Å². The van der Waals surface area contributed by atoms with Crippen LogP contribution in [0.25, 0.3) is 0 Å². The fourth-order valence-electron chi connectivity index (χ4n) is 1.95. The molecule has 2 aromatic rings. The van der Waals surface area contributed by atoms with E-state index in [0.717, 1.165) is 11.0 Å².